The van der Waals surface area contributed by atoms with Crippen molar-refractivity contribution in [1.82, 2.24) is 4.90 Å². The van der Waals surface area contributed by atoms with Gasteiger partial charge in [-0.15, -0.1) is 0 Å². The third-order valence-corrected chi connectivity index (χ3v) is 3.82. The van der Waals surface area contributed by atoms with Gasteiger partial charge in [0.15, 0.2) is 0 Å². The summed E-state index contributed by atoms with van der Waals surface area (Å²) in [6.45, 7) is 10.2. The van der Waals surface area contributed by atoms with Gasteiger partial charge in [-0.25, -0.2) is 4.39 Å². The van der Waals surface area contributed by atoms with Crippen molar-refractivity contribution in [1.29, 1.82) is 0 Å². The number of benzene rings is 1. The molecule has 1 aromatic rings. The van der Waals surface area contributed by atoms with Crippen LogP contribution < -0.4 is 5.46 Å². The Balaban J connectivity index is 3.02. The number of hydrogen-bond acceptors (Lipinski definition) is 3. The molecule has 1 rings (SSSR count). The number of rotatable bonds is 8. The normalized spacial score (nSPS) is 11.7. The Morgan fingerprint density at radius 1 is 1.19 bits per heavy atom. The third-order valence-electron chi connectivity index (χ3n) is 3.82. The van der Waals surface area contributed by atoms with Crippen molar-refractivity contribution in [3.05, 3.63) is 29.6 Å². The first kappa shape index (κ1) is 18.1. The maximum absolute atomic E-state index is 13.3. The molecule has 0 bridgehead atoms. The lowest BCUT2D eigenvalue weighted by atomic mass is 9.76. The van der Waals surface area contributed by atoms with Crippen molar-refractivity contribution in [2.45, 2.75) is 53.1 Å². The molecule has 0 saturated heterocycles. The van der Waals surface area contributed by atoms with Gasteiger partial charge in [-0.05, 0) is 41.9 Å². The topological polar surface area (TPSA) is 43.7 Å². The largest absolute Gasteiger partial charge is 0.488 e. The Labute approximate surface area is 127 Å². The smallest absolute Gasteiger partial charge is 0.423 e. The van der Waals surface area contributed by atoms with Crippen LogP contribution in [0.25, 0.3) is 0 Å². The minimum absolute atomic E-state index is 0.259. The maximum atomic E-state index is 13.3. The SMILES string of the molecule is CCC(CC)N(Cc1ccc(F)cc1B(O)O)CC(C)C. The molecule has 1 aromatic carbocycles. The van der Waals surface area contributed by atoms with E-state index in [-0.39, 0.29) is 5.46 Å². The summed E-state index contributed by atoms with van der Waals surface area (Å²) in [5.74, 6) is 0.0772. The molecule has 2 N–H and O–H groups in total. The highest BCUT2D eigenvalue weighted by Crippen LogP contribution is 2.15. The van der Waals surface area contributed by atoms with E-state index < -0.39 is 12.9 Å². The van der Waals surface area contributed by atoms with E-state index in [2.05, 4.69) is 32.6 Å². The first-order chi connectivity index (χ1) is 9.88. The summed E-state index contributed by atoms with van der Waals surface area (Å²) in [7, 11) is -1.64. The summed E-state index contributed by atoms with van der Waals surface area (Å²) in [6, 6.07) is 4.68. The number of nitrogens with zero attached hydrogens (tertiary/aromatic N) is 1. The first-order valence-corrected chi connectivity index (χ1v) is 7.77. The van der Waals surface area contributed by atoms with Gasteiger partial charge in [-0.2, -0.15) is 0 Å². The van der Waals surface area contributed by atoms with Gasteiger partial charge in [0.25, 0.3) is 0 Å². The molecule has 118 valence electrons. The van der Waals surface area contributed by atoms with Gasteiger partial charge in [0.1, 0.15) is 5.82 Å². The van der Waals surface area contributed by atoms with Gasteiger partial charge in [-0.3, -0.25) is 4.90 Å². The van der Waals surface area contributed by atoms with Gasteiger partial charge in [-0.1, -0.05) is 33.8 Å². The molecule has 0 fully saturated rings. The zero-order valence-corrected chi connectivity index (χ0v) is 13.5. The molecule has 0 spiro atoms. The van der Waals surface area contributed by atoms with E-state index in [1.165, 1.54) is 12.1 Å². The van der Waals surface area contributed by atoms with Crippen LogP contribution in [0.4, 0.5) is 4.39 Å². The van der Waals surface area contributed by atoms with Crippen molar-refractivity contribution >= 4 is 12.6 Å². The fourth-order valence-electron chi connectivity index (χ4n) is 2.79. The van der Waals surface area contributed by atoms with Crippen molar-refractivity contribution in [2.24, 2.45) is 5.92 Å². The van der Waals surface area contributed by atoms with E-state index in [1.54, 1.807) is 6.07 Å². The van der Waals surface area contributed by atoms with Crippen LogP contribution in [0.3, 0.4) is 0 Å². The van der Waals surface area contributed by atoms with Crippen LogP contribution in [0.5, 0.6) is 0 Å². The zero-order valence-electron chi connectivity index (χ0n) is 13.5. The van der Waals surface area contributed by atoms with Gasteiger partial charge >= 0.3 is 7.12 Å². The highest BCUT2D eigenvalue weighted by atomic mass is 19.1. The summed E-state index contributed by atoms with van der Waals surface area (Å²) < 4.78 is 13.3. The third kappa shape index (κ3) is 5.42. The van der Waals surface area contributed by atoms with Crippen molar-refractivity contribution in [3.8, 4) is 0 Å². The molecule has 0 unspecified atom stereocenters. The van der Waals surface area contributed by atoms with Crippen molar-refractivity contribution in [2.75, 3.05) is 6.54 Å². The molecule has 0 atom stereocenters. The summed E-state index contributed by atoms with van der Waals surface area (Å²) in [5, 5.41) is 18.9. The van der Waals surface area contributed by atoms with Crippen LogP contribution in [0, 0.1) is 11.7 Å². The molecule has 0 radical (unpaired) electrons. The van der Waals surface area contributed by atoms with Crippen LogP contribution in [0.15, 0.2) is 18.2 Å². The standard InChI is InChI=1S/C16H27BFNO2/c1-5-15(6-2)19(10-12(3)4)11-13-7-8-14(18)9-16(13)17(20)21/h7-9,12,15,20-21H,5-6,10-11H2,1-4H3. The lowest BCUT2D eigenvalue weighted by Gasteiger charge is -2.32. The molecule has 21 heavy (non-hydrogen) atoms. The first-order valence-electron chi connectivity index (χ1n) is 7.77. The molecule has 0 amide bonds. The molecule has 5 heteroatoms. The molecule has 0 aliphatic carbocycles. The predicted molar refractivity (Wildman–Crippen MR) is 85.8 cm³/mol. The van der Waals surface area contributed by atoms with Crippen molar-refractivity contribution in [3.63, 3.8) is 0 Å². The molecule has 0 aliphatic heterocycles. The van der Waals surface area contributed by atoms with E-state index >= 15 is 0 Å². The summed E-state index contributed by atoms with van der Waals surface area (Å²) in [4.78, 5) is 2.35. The van der Waals surface area contributed by atoms with Gasteiger partial charge in [0.2, 0.25) is 0 Å². The van der Waals surface area contributed by atoms with Crippen LogP contribution in [-0.4, -0.2) is 34.7 Å². The van der Waals surface area contributed by atoms with Crippen molar-refractivity contribution < 1.29 is 14.4 Å². The molecule has 0 saturated carbocycles. The second kappa shape index (κ2) is 8.52. The minimum atomic E-state index is -1.64. The molecule has 0 aliphatic rings. The second-order valence-corrected chi connectivity index (χ2v) is 6.01. The quantitative estimate of drug-likeness (QED) is 0.722. The Hall–Kier alpha value is -0.905. The number of hydrogen-bond donors (Lipinski definition) is 2. The molecule has 3 nitrogen and oxygen atoms in total. The predicted octanol–water partition coefficient (Wildman–Crippen LogP) is 2.15. The summed E-state index contributed by atoms with van der Waals surface area (Å²) in [6.07, 6.45) is 2.09. The zero-order chi connectivity index (χ0) is 16.0. The van der Waals surface area contributed by atoms with Gasteiger partial charge in [0.05, 0.1) is 0 Å². The molecular formula is C16H27BFNO2. The second-order valence-electron chi connectivity index (χ2n) is 6.01. The van der Waals surface area contributed by atoms with E-state index in [1.807, 2.05) is 0 Å². The highest BCUT2D eigenvalue weighted by molar-refractivity contribution is 6.59. The van der Waals surface area contributed by atoms with Gasteiger partial charge in [0, 0.05) is 19.1 Å². The monoisotopic (exact) mass is 295 g/mol. The van der Waals surface area contributed by atoms with Gasteiger partial charge < -0.3 is 10.0 Å². The van der Waals surface area contributed by atoms with Crippen LogP contribution in [0.1, 0.15) is 46.1 Å². The van der Waals surface area contributed by atoms with Crippen LogP contribution in [0.2, 0.25) is 0 Å². The Morgan fingerprint density at radius 2 is 1.81 bits per heavy atom. The van der Waals surface area contributed by atoms with E-state index in [4.69, 9.17) is 0 Å². The summed E-state index contributed by atoms with van der Waals surface area (Å²) in [5.41, 5.74) is 1.04. The fourth-order valence-corrected chi connectivity index (χ4v) is 2.79. The van der Waals surface area contributed by atoms with E-state index in [9.17, 15) is 14.4 Å². The molecule has 0 aromatic heterocycles. The minimum Gasteiger partial charge on any atom is -0.423 e. The Kier molecular flexibility index (Phi) is 7.36. The number of halogens is 1. The lowest BCUT2D eigenvalue weighted by Crippen LogP contribution is -2.41. The lowest BCUT2D eigenvalue weighted by molar-refractivity contribution is 0.157. The molecule has 0 heterocycles. The highest BCUT2D eigenvalue weighted by Gasteiger charge is 2.22. The van der Waals surface area contributed by atoms with E-state index in [0.29, 0.717) is 18.5 Å². The van der Waals surface area contributed by atoms with Crippen LogP contribution in [-0.2, 0) is 6.54 Å². The average molecular weight is 295 g/mol. The Morgan fingerprint density at radius 3 is 2.29 bits per heavy atom. The molecular weight excluding hydrogens is 268 g/mol. The average Bonchev–Trinajstić information content (AvgIpc) is 2.41. The Bertz CT molecular complexity index is 436. The maximum Gasteiger partial charge on any atom is 0.488 e. The van der Waals surface area contributed by atoms with Crippen LogP contribution >= 0.6 is 0 Å². The summed E-state index contributed by atoms with van der Waals surface area (Å²) >= 11 is 0. The fraction of sp³-hybridized carbons (Fsp3) is 0.625. The van der Waals surface area contributed by atoms with E-state index in [0.717, 1.165) is 24.9 Å².